The molecule has 0 aromatic heterocycles. The average Bonchev–Trinajstić information content (AvgIpc) is 3.17. The highest BCUT2D eigenvalue weighted by molar-refractivity contribution is 5.89. The SMILES string of the molecule is CCCCCCCCCCNC(=O)[C@@H]1C[C@@H]1C(=O)O. The quantitative estimate of drug-likeness (QED) is 0.567. The molecule has 1 fully saturated rings. The monoisotopic (exact) mass is 269 g/mol. The number of hydrogen-bond donors (Lipinski definition) is 2. The lowest BCUT2D eigenvalue weighted by molar-refractivity contribution is -0.140. The average molecular weight is 269 g/mol. The number of rotatable bonds is 11. The Hall–Kier alpha value is -1.06. The van der Waals surface area contributed by atoms with E-state index in [0.717, 1.165) is 12.8 Å². The number of carboxylic acid groups (broad SMARTS) is 1. The molecule has 0 bridgehead atoms. The van der Waals surface area contributed by atoms with Gasteiger partial charge in [0.25, 0.3) is 0 Å². The highest BCUT2D eigenvalue weighted by Gasteiger charge is 2.48. The zero-order valence-electron chi connectivity index (χ0n) is 12.0. The molecule has 1 saturated carbocycles. The summed E-state index contributed by atoms with van der Waals surface area (Å²) < 4.78 is 0. The fraction of sp³-hybridized carbons (Fsp3) is 0.867. The van der Waals surface area contributed by atoms with Crippen LogP contribution in [-0.2, 0) is 9.59 Å². The van der Waals surface area contributed by atoms with Crippen LogP contribution in [0.25, 0.3) is 0 Å². The molecule has 2 N–H and O–H groups in total. The number of unbranched alkanes of at least 4 members (excludes halogenated alkanes) is 7. The Balaban J connectivity index is 1.86. The molecule has 110 valence electrons. The third kappa shape index (κ3) is 6.60. The highest BCUT2D eigenvalue weighted by Crippen LogP contribution is 2.38. The van der Waals surface area contributed by atoms with E-state index < -0.39 is 11.9 Å². The van der Waals surface area contributed by atoms with E-state index in [4.69, 9.17) is 5.11 Å². The Morgan fingerprint density at radius 2 is 1.58 bits per heavy atom. The Bertz CT molecular complexity index is 291. The van der Waals surface area contributed by atoms with Gasteiger partial charge in [0.15, 0.2) is 0 Å². The van der Waals surface area contributed by atoms with Gasteiger partial charge in [0.05, 0.1) is 11.8 Å². The van der Waals surface area contributed by atoms with Crippen molar-refractivity contribution in [2.45, 2.75) is 64.7 Å². The molecular weight excluding hydrogens is 242 g/mol. The van der Waals surface area contributed by atoms with E-state index in [-0.39, 0.29) is 11.8 Å². The summed E-state index contributed by atoms with van der Waals surface area (Å²) in [5.74, 6) is -1.62. The summed E-state index contributed by atoms with van der Waals surface area (Å²) in [5.41, 5.74) is 0. The van der Waals surface area contributed by atoms with Crippen molar-refractivity contribution in [2.24, 2.45) is 11.8 Å². The standard InChI is InChI=1S/C15H27NO3/c1-2-3-4-5-6-7-8-9-10-16-14(17)12-11-13(12)15(18)19/h12-13H,2-11H2,1H3,(H,16,17)(H,18,19)/t12-,13+/m1/s1. The van der Waals surface area contributed by atoms with E-state index in [9.17, 15) is 9.59 Å². The molecule has 0 unspecified atom stereocenters. The summed E-state index contributed by atoms with van der Waals surface area (Å²) in [6.07, 6.45) is 10.5. The number of aliphatic carboxylic acids is 1. The summed E-state index contributed by atoms with van der Waals surface area (Å²) >= 11 is 0. The predicted molar refractivity (Wildman–Crippen MR) is 74.9 cm³/mol. The molecule has 19 heavy (non-hydrogen) atoms. The van der Waals surface area contributed by atoms with Gasteiger partial charge in [-0.05, 0) is 12.8 Å². The third-order valence-electron chi connectivity index (χ3n) is 3.77. The molecule has 0 aromatic rings. The van der Waals surface area contributed by atoms with Gasteiger partial charge in [0, 0.05) is 6.54 Å². The van der Waals surface area contributed by atoms with Crippen LogP contribution in [0.3, 0.4) is 0 Å². The van der Waals surface area contributed by atoms with Gasteiger partial charge in [-0.15, -0.1) is 0 Å². The molecule has 0 aliphatic heterocycles. The first-order valence-electron chi connectivity index (χ1n) is 7.67. The second-order valence-electron chi connectivity index (χ2n) is 5.55. The second kappa shape index (κ2) is 8.94. The first-order valence-corrected chi connectivity index (χ1v) is 7.67. The van der Waals surface area contributed by atoms with Crippen LogP contribution in [0.2, 0.25) is 0 Å². The van der Waals surface area contributed by atoms with Crippen molar-refractivity contribution in [3.05, 3.63) is 0 Å². The van der Waals surface area contributed by atoms with Gasteiger partial charge >= 0.3 is 5.97 Å². The van der Waals surface area contributed by atoms with E-state index in [1.807, 2.05) is 0 Å². The Kier molecular flexibility index (Phi) is 7.53. The lowest BCUT2D eigenvalue weighted by Crippen LogP contribution is -2.27. The van der Waals surface area contributed by atoms with Gasteiger partial charge in [-0.25, -0.2) is 0 Å². The minimum Gasteiger partial charge on any atom is -0.481 e. The smallest absolute Gasteiger partial charge is 0.307 e. The third-order valence-corrected chi connectivity index (χ3v) is 3.77. The van der Waals surface area contributed by atoms with Crippen LogP contribution in [0.1, 0.15) is 64.7 Å². The van der Waals surface area contributed by atoms with Crippen molar-refractivity contribution >= 4 is 11.9 Å². The van der Waals surface area contributed by atoms with Gasteiger partial charge < -0.3 is 10.4 Å². The largest absolute Gasteiger partial charge is 0.481 e. The first-order chi connectivity index (χ1) is 9.16. The van der Waals surface area contributed by atoms with Crippen LogP contribution >= 0.6 is 0 Å². The van der Waals surface area contributed by atoms with E-state index in [0.29, 0.717) is 13.0 Å². The molecular formula is C15H27NO3. The van der Waals surface area contributed by atoms with Crippen molar-refractivity contribution < 1.29 is 14.7 Å². The van der Waals surface area contributed by atoms with Crippen LogP contribution in [0.15, 0.2) is 0 Å². The zero-order valence-corrected chi connectivity index (χ0v) is 12.0. The number of nitrogens with one attached hydrogen (secondary N) is 1. The number of carboxylic acids is 1. The molecule has 4 nitrogen and oxygen atoms in total. The molecule has 4 heteroatoms. The van der Waals surface area contributed by atoms with Crippen molar-refractivity contribution in [2.75, 3.05) is 6.54 Å². The fourth-order valence-corrected chi connectivity index (χ4v) is 2.36. The first kappa shape index (κ1) is 16.0. The van der Waals surface area contributed by atoms with Crippen LogP contribution in [-0.4, -0.2) is 23.5 Å². The minimum absolute atomic E-state index is 0.0738. The number of amides is 1. The molecule has 2 atom stereocenters. The maximum atomic E-state index is 11.6. The molecule has 1 aliphatic carbocycles. The van der Waals surface area contributed by atoms with Crippen molar-refractivity contribution in [1.29, 1.82) is 0 Å². The number of hydrogen-bond acceptors (Lipinski definition) is 2. The van der Waals surface area contributed by atoms with Crippen LogP contribution < -0.4 is 5.32 Å². The lowest BCUT2D eigenvalue weighted by Gasteiger charge is -2.04. The maximum absolute atomic E-state index is 11.6. The molecule has 1 rings (SSSR count). The van der Waals surface area contributed by atoms with Gasteiger partial charge in [0.1, 0.15) is 0 Å². The minimum atomic E-state index is -0.841. The summed E-state index contributed by atoms with van der Waals surface area (Å²) in [5, 5.41) is 11.6. The second-order valence-corrected chi connectivity index (χ2v) is 5.55. The van der Waals surface area contributed by atoms with Crippen molar-refractivity contribution in [1.82, 2.24) is 5.32 Å². The number of carbonyl (C=O) groups is 2. The molecule has 0 heterocycles. The van der Waals surface area contributed by atoms with Crippen LogP contribution in [0.4, 0.5) is 0 Å². The lowest BCUT2D eigenvalue weighted by atomic mass is 10.1. The normalized spacial score (nSPS) is 21.1. The van der Waals surface area contributed by atoms with Gasteiger partial charge in [-0.3, -0.25) is 9.59 Å². The predicted octanol–water partition coefficient (Wildman–Crippen LogP) is 2.96. The Morgan fingerprint density at radius 3 is 2.11 bits per heavy atom. The topological polar surface area (TPSA) is 66.4 Å². The van der Waals surface area contributed by atoms with E-state index in [1.54, 1.807) is 0 Å². The zero-order chi connectivity index (χ0) is 14.1. The van der Waals surface area contributed by atoms with E-state index in [2.05, 4.69) is 12.2 Å². The molecule has 0 aromatic carbocycles. The molecule has 0 radical (unpaired) electrons. The molecule has 1 aliphatic rings. The van der Waals surface area contributed by atoms with Crippen LogP contribution in [0, 0.1) is 11.8 Å². The number of carbonyl (C=O) groups excluding carboxylic acids is 1. The van der Waals surface area contributed by atoms with Crippen molar-refractivity contribution in [3.63, 3.8) is 0 Å². The summed E-state index contributed by atoms with van der Waals surface area (Å²) in [4.78, 5) is 22.2. The van der Waals surface area contributed by atoms with Gasteiger partial charge in [-0.1, -0.05) is 51.9 Å². The van der Waals surface area contributed by atoms with Gasteiger partial charge in [-0.2, -0.15) is 0 Å². The maximum Gasteiger partial charge on any atom is 0.307 e. The van der Waals surface area contributed by atoms with Crippen LogP contribution in [0.5, 0.6) is 0 Å². The van der Waals surface area contributed by atoms with E-state index >= 15 is 0 Å². The van der Waals surface area contributed by atoms with E-state index in [1.165, 1.54) is 38.5 Å². The van der Waals surface area contributed by atoms with Crippen molar-refractivity contribution in [3.8, 4) is 0 Å². The Morgan fingerprint density at radius 1 is 1.00 bits per heavy atom. The molecule has 1 amide bonds. The Labute approximate surface area is 116 Å². The fourth-order valence-electron chi connectivity index (χ4n) is 2.36. The summed E-state index contributed by atoms with van der Waals surface area (Å²) in [7, 11) is 0. The summed E-state index contributed by atoms with van der Waals surface area (Å²) in [6.45, 7) is 2.91. The summed E-state index contributed by atoms with van der Waals surface area (Å²) in [6, 6.07) is 0. The van der Waals surface area contributed by atoms with Gasteiger partial charge in [0.2, 0.25) is 5.91 Å². The molecule has 0 saturated heterocycles. The highest BCUT2D eigenvalue weighted by atomic mass is 16.4. The molecule has 0 spiro atoms.